The number of hydrogen-bond donors (Lipinski definition) is 0. The fourth-order valence-electron chi connectivity index (χ4n) is 3.00. The van der Waals surface area contributed by atoms with Crippen molar-refractivity contribution in [2.24, 2.45) is 0 Å². The van der Waals surface area contributed by atoms with E-state index < -0.39 is 0 Å². The van der Waals surface area contributed by atoms with E-state index in [1.54, 1.807) is 6.07 Å². The van der Waals surface area contributed by atoms with Crippen LogP contribution in [0.4, 0.5) is 0 Å². The molecule has 25 heavy (non-hydrogen) atoms. The highest BCUT2D eigenvalue weighted by atomic mass is 35.5. The third-order valence-electron chi connectivity index (χ3n) is 4.45. The zero-order valence-corrected chi connectivity index (χ0v) is 16.4. The fraction of sp³-hybridized carbons (Fsp3) is 0.381. The third-order valence-corrected chi connectivity index (χ3v) is 5.96. The second kappa shape index (κ2) is 9.85. The Hall–Kier alpha value is -1.50. The van der Waals surface area contributed by atoms with Crippen LogP contribution in [0.2, 0.25) is 0 Å². The second-order valence-electron chi connectivity index (χ2n) is 6.29. The molecule has 0 saturated carbocycles. The van der Waals surface area contributed by atoms with Crippen LogP contribution in [0.5, 0.6) is 0 Å². The fourth-order valence-corrected chi connectivity index (χ4v) is 4.05. The number of alkyl halides is 1. The van der Waals surface area contributed by atoms with Gasteiger partial charge < -0.3 is 0 Å². The van der Waals surface area contributed by atoms with Gasteiger partial charge in [0.05, 0.1) is 11.0 Å². The Morgan fingerprint density at radius 1 is 1.04 bits per heavy atom. The van der Waals surface area contributed by atoms with Gasteiger partial charge in [-0.25, -0.2) is 0 Å². The summed E-state index contributed by atoms with van der Waals surface area (Å²) < 4.78 is 11.9. The van der Waals surface area contributed by atoms with E-state index in [-0.39, 0.29) is 25.3 Å². The van der Waals surface area contributed by atoms with Crippen LogP contribution in [0.15, 0.2) is 48.5 Å². The lowest BCUT2D eigenvalue weighted by Gasteiger charge is -2.19. The number of benzene rings is 2. The third kappa shape index (κ3) is 5.00. The summed E-state index contributed by atoms with van der Waals surface area (Å²) in [6.07, 6.45) is 4.02. The molecular weight excluding hydrogens is 351 g/mol. The molecule has 2 aromatic carbocycles. The van der Waals surface area contributed by atoms with Gasteiger partial charge in [-0.15, -0.1) is 11.6 Å². The van der Waals surface area contributed by atoms with Crippen molar-refractivity contribution in [2.45, 2.75) is 50.6 Å². The number of ketones is 1. The minimum atomic E-state index is -0.373. The number of aryl methyl sites for hydroxylation is 1. The highest BCUT2D eigenvalue weighted by Crippen LogP contribution is 2.38. The van der Waals surface area contributed by atoms with Crippen molar-refractivity contribution in [3.63, 3.8) is 0 Å². The molecule has 2 nitrogen and oxygen atoms in total. The molecule has 132 valence electrons. The molecule has 0 amide bonds. The van der Waals surface area contributed by atoms with E-state index >= 15 is 0 Å². The Morgan fingerprint density at radius 2 is 1.68 bits per heavy atom. The average Bonchev–Trinajstić information content (AvgIpc) is 2.63. The molecule has 2 aromatic rings. The Balaban J connectivity index is 2.34. The van der Waals surface area contributed by atoms with E-state index in [0.29, 0.717) is 11.1 Å². The largest absolute Gasteiger partial charge is 0.289 e. The summed E-state index contributed by atoms with van der Waals surface area (Å²) in [6, 6.07) is 14.9. The van der Waals surface area contributed by atoms with Gasteiger partial charge in [0.25, 0.3) is 0 Å². The SMILES string of the molecule is CCCCCC(Cl)C(P=O)c1ccccc1C(=O)c1ccccc1C. The van der Waals surface area contributed by atoms with Crippen LogP contribution in [0.1, 0.15) is 65.3 Å². The lowest BCUT2D eigenvalue weighted by molar-refractivity contribution is 0.103. The van der Waals surface area contributed by atoms with Crippen LogP contribution in [0, 0.1) is 6.92 Å². The summed E-state index contributed by atoms with van der Waals surface area (Å²) in [4.78, 5) is 13.0. The summed E-state index contributed by atoms with van der Waals surface area (Å²) in [5, 5.41) is -0.253. The van der Waals surface area contributed by atoms with Crippen molar-refractivity contribution in [3.8, 4) is 0 Å². The second-order valence-corrected chi connectivity index (χ2v) is 7.62. The standard InChI is InChI=1S/C21H24ClO2P/c1-3-4-5-14-19(22)21(25-24)18-13-9-8-12-17(18)20(23)16-11-7-6-10-15(16)2/h6-13,19,21H,3-5,14H2,1-2H3. The number of hydrogen-bond acceptors (Lipinski definition) is 2. The lowest BCUT2D eigenvalue weighted by Crippen LogP contribution is -2.14. The van der Waals surface area contributed by atoms with Crippen LogP contribution >= 0.6 is 20.1 Å². The molecule has 0 saturated heterocycles. The molecule has 0 fully saturated rings. The van der Waals surface area contributed by atoms with Crippen LogP contribution in [0.25, 0.3) is 0 Å². The molecule has 4 heteroatoms. The van der Waals surface area contributed by atoms with Gasteiger partial charge in [0.1, 0.15) is 0 Å². The monoisotopic (exact) mass is 374 g/mol. The zero-order chi connectivity index (χ0) is 18.2. The first-order chi connectivity index (χ1) is 12.1. The van der Waals surface area contributed by atoms with Crippen LogP contribution in [-0.2, 0) is 4.57 Å². The van der Waals surface area contributed by atoms with Gasteiger partial charge in [-0.05, 0) is 24.5 Å². The maximum absolute atomic E-state index is 13.0. The van der Waals surface area contributed by atoms with E-state index in [4.69, 9.17) is 11.6 Å². The van der Waals surface area contributed by atoms with Gasteiger partial charge in [-0.3, -0.25) is 9.36 Å². The molecule has 0 radical (unpaired) electrons. The predicted octanol–water partition coefficient (Wildman–Crippen LogP) is 6.75. The highest BCUT2D eigenvalue weighted by Gasteiger charge is 2.26. The van der Waals surface area contributed by atoms with Crippen LogP contribution in [0.3, 0.4) is 0 Å². The van der Waals surface area contributed by atoms with E-state index in [2.05, 4.69) is 6.92 Å². The number of unbranched alkanes of at least 4 members (excludes halogenated alkanes) is 2. The average molecular weight is 375 g/mol. The minimum absolute atomic E-state index is 0.0419. The van der Waals surface area contributed by atoms with Gasteiger partial charge in [-0.1, -0.05) is 74.7 Å². The number of carbonyl (C=O) groups is 1. The molecule has 0 N–H and O–H groups in total. The summed E-state index contributed by atoms with van der Waals surface area (Å²) in [5.41, 5.74) is 2.59. The molecule has 2 rings (SSSR count). The van der Waals surface area contributed by atoms with Gasteiger partial charge in [0.2, 0.25) is 0 Å². The molecule has 0 aliphatic rings. The maximum Gasteiger partial charge on any atom is 0.193 e. The van der Waals surface area contributed by atoms with Crippen molar-refractivity contribution in [2.75, 3.05) is 0 Å². The van der Waals surface area contributed by atoms with E-state index in [1.807, 2.05) is 49.4 Å². The van der Waals surface area contributed by atoms with Gasteiger partial charge in [0, 0.05) is 11.1 Å². The van der Waals surface area contributed by atoms with Crippen molar-refractivity contribution >= 4 is 25.8 Å². The van der Waals surface area contributed by atoms with Crippen molar-refractivity contribution in [3.05, 3.63) is 70.8 Å². The van der Waals surface area contributed by atoms with E-state index in [9.17, 15) is 9.36 Å². The summed E-state index contributed by atoms with van der Waals surface area (Å²) in [5.74, 6) is -0.0419. The normalized spacial score (nSPS) is 13.6. The van der Waals surface area contributed by atoms with E-state index in [1.165, 1.54) is 0 Å². The number of rotatable bonds is 9. The van der Waals surface area contributed by atoms with Gasteiger partial charge in [0.15, 0.2) is 14.2 Å². The molecule has 0 heterocycles. The van der Waals surface area contributed by atoms with Gasteiger partial charge >= 0.3 is 0 Å². The molecular formula is C21H24ClO2P. The Morgan fingerprint density at radius 3 is 2.32 bits per heavy atom. The first kappa shape index (κ1) is 19.8. The molecule has 2 atom stereocenters. The minimum Gasteiger partial charge on any atom is -0.289 e. The molecule has 0 aromatic heterocycles. The maximum atomic E-state index is 13.0. The first-order valence-corrected chi connectivity index (χ1v) is 10.1. The summed E-state index contributed by atoms with van der Waals surface area (Å²) >= 11 is 6.55. The molecule has 0 spiro atoms. The Bertz CT molecular complexity index is 729. The Kier molecular flexibility index (Phi) is 7.81. The topological polar surface area (TPSA) is 34.1 Å². The highest BCUT2D eigenvalue weighted by molar-refractivity contribution is 7.24. The summed E-state index contributed by atoms with van der Waals surface area (Å²) in [6.45, 7) is 4.07. The number of carbonyl (C=O) groups excluding carboxylic acids is 1. The van der Waals surface area contributed by atoms with Crippen molar-refractivity contribution < 1.29 is 9.36 Å². The smallest absolute Gasteiger partial charge is 0.193 e. The summed E-state index contributed by atoms with van der Waals surface area (Å²) in [7, 11) is -0.0428. The molecule has 0 bridgehead atoms. The first-order valence-electron chi connectivity index (χ1n) is 8.76. The van der Waals surface area contributed by atoms with Gasteiger partial charge in [-0.2, -0.15) is 0 Å². The van der Waals surface area contributed by atoms with Crippen LogP contribution in [-0.4, -0.2) is 11.2 Å². The predicted molar refractivity (Wildman–Crippen MR) is 105 cm³/mol. The molecule has 0 aliphatic heterocycles. The molecule has 2 unspecified atom stereocenters. The lowest BCUT2D eigenvalue weighted by atomic mass is 9.92. The quantitative estimate of drug-likeness (QED) is 0.210. The number of halogens is 1. The van der Waals surface area contributed by atoms with Crippen molar-refractivity contribution in [1.82, 2.24) is 0 Å². The van der Waals surface area contributed by atoms with Crippen LogP contribution < -0.4 is 0 Å². The van der Waals surface area contributed by atoms with E-state index in [0.717, 1.165) is 36.8 Å². The zero-order valence-electron chi connectivity index (χ0n) is 14.7. The molecule has 0 aliphatic carbocycles. The Labute approximate surface area is 156 Å². The van der Waals surface area contributed by atoms with Crippen molar-refractivity contribution in [1.29, 1.82) is 0 Å².